The van der Waals surface area contributed by atoms with Crippen molar-refractivity contribution in [3.05, 3.63) is 47.3 Å². The zero-order chi connectivity index (χ0) is 17.8. The van der Waals surface area contributed by atoms with Crippen LogP contribution in [-0.4, -0.2) is 42.7 Å². The van der Waals surface area contributed by atoms with E-state index >= 15 is 0 Å². The Morgan fingerprint density at radius 2 is 2.23 bits per heavy atom. The Morgan fingerprint density at radius 1 is 1.46 bits per heavy atom. The molecule has 1 aromatic carbocycles. The fourth-order valence-corrected chi connectivity index (χ4v) is 3.14. The van der Waals surface area contributed by atoms with Gasteiger partial charge in [0.2, 0.25) is 5.76 Å². The Balaban J connectivity index is 0.00000243. The Labute approximate surface area is 160 Å². The highest BCUT2D eigenvalue weighted by Gasteiger charge is 2.32. The Morgan fingerprint density at radius 3 is 2.96 bits per heavy atom. The Hall–Kier alpha value is -2.05. The van der Waals surface area contributed by atoms with Gasteiger partial charge in [-0.2, -0.15) is 0 Å². The Bertz CT molecular complexity index is 734. The second-order valence-corrected chi connectivity index (χ2v) is 6.39. The minimum atomic E-state index is -0.126. The van der Waals surface area contributed by atoms with Gasteiger partial charge >= 0.3 is 0 Å². The number of nitrogens with zero attached hydrogens (tertiary/aromatic N) is 2. The van der Waals surface area contributed by atoms with E-state index in [1.54, 1.807) is 13.2 Å². The molecule has 1 aliphatic rings. The van der Waals surface area contributed by atoms with Gasteiger partial charge in [0.05, 0.1) is 18.8 Å². The zero-order valence-corrected chi connectivity index (χ0v) is 16.2. The van der Waals surface area contributed by atoms with Crippen LogP contribution in [0.5, 0.6) is 5.75 Å². The molecule has 7 heteroatoms. The summed E-state index contributed by atoms with van der Waals surface area (Å²) in [4.78, 5) is 14.9. The molecule has 1 saturated heterocycles. The molecule has 2 atom stereocenters. The molecule has 2 heterocycles. The van der Waals surface area contributed by atoms with Crippen molar-refractivity contribution in [1.82, 2.24) is 15.4 Å². The van der Waals surface area contributed by atoms with Crippen LogP contribution in [0.3, 0.4) is 0 Å². The fraction of sp³-hybridized carbons (Fsp3) is 0.474. The molecule has 0 bridgehead atoms. The molecule has 0 saturated carbocycles. The van der Waals surface area contributed by atoms with Gasteiger partial charge in [0.1, 0.15) is 5.75 Å². The SMILES string of the molecule is CCC(C)c1cc(C(=O)N2CCNCC2c2ccccc2OC)on1.Cl. The van der Waals surface area contributed by atoms with Gasteiger partial charge in [-0.05, 0) is 12.5 Å². The van der Waals surface area contributed by atoms with Gasteiger partial charge in [0.15, 0.2) is 0 Å². The topological polar surface area (TPSA) is 67.6 Å². The minimum Gasteiger partial charge on any atom is -0.496 e. The van der Waals surface area contributed by atoms with E-state index in [0.29, 0.717) is 18.8 Å². The number of benzene rings is 1. The van der Waals surface area contributed by atoms with Gasteiger partial charge in [-0.1, -0.05) is 37.2 Å². The summed E-state index contributed by atoms with van der Waals surface area (Å²) in [6.45, 7) is 6.21. The molecule has 3 rings (SSSR count). The van der Waals surface area contributed by atoms with Crippen molar-refractivity contribution < 1.29 is 14.1 Å². The molecule has 0 radical (unpaired) electrons. The molecular weight excluding hydrogens is 354 g/mol. The van der Waals surface area contributed by atoms with Crippen molar-refractivity contribution in [2.24, 2.45) is 0 Å². The van der Waals surface area contributed by atoms with E-state index in [4.69, 9.17) is 9.26 Å². The van der Waals surface area contributed by atoms with E-state index in [1.165, 1.54) is 0 Å². The lowest BCUT2D eigenvalue weighted by molar-refractivity contribution is 0.0589. The highest BCUT2D eigenvalue weighted by atomic mass is 35.5. The van der Waals surface area contributed by atoms with Gasteiger partial charge in [-0.3, -0.25) is 4.79 Å². The normalized spacial score (nSPS) is 18.1. The van der Waals surface area contributed by atoms with Crippen molar-refractivity contribution in [1.29, 1.82) is 0 Å². The predicted octanol–water partition coefficient (Wildman–Crippen LogP) is 3.41. The molecule has 2 unspecified atom stereocenters. The van der Waals surface area contributed by atoms with E-state index in [1.807, 2.05) is 29.2 Å². The summed E-state index contributed by atoms with van der Waals surface area (Å²) < 4.78 is 10.8. The lowest BCUT2D eigenvalue weighted by Crippen LogP contribution is -2.48. The molecule has 1 fully saturated rings. The maximum atomic E-state index is 13.0. The number of nitrogens with one attached hydrogen (secondary N) is 1. The lowest BCUT2D eigenvalue weighted by atomic mass is 10.0. The molecular formula is C19H26ClN3O3. The molecule has 1 aromatic heterocycles. The van der Waals surface area contributed by atoms with Crippen LogP contribution in [0.1, 0.15) is 54.0 Å². The first-order chi connectivity index (χ1) is 12.2. The van der Waals surface area contributed by atoms with Crippen LogP contribution in [0.2, 0.25) is 0 Å². The lowest BCUT2D eigenvalue weighted by Gasteiger charge is -2.36. The third kappa shape index (κ3) is 4.02. The molecule has 142 valence electrons. The number of carbonyl (C=O) groups excluding carboxylic acids is 1. The maximum absolute atomic E-state index is 13.0. The quantitative estimate of drug-likeness (QED) is 0.862. The van der Waals surface area contributed by atoms with Crippen LogP contribution < -0.4 is 10.1 Å². The molecule has 1 aliphatic heterocycles. The van der Waals surface area contributed by atoms with Crippen LogP contribution in [0.4, 0.5) is 0 Å². The van der Waals surface area contributed by atoms with E-state index in [-0.39, 0.29) is 30.3 Å². The first kappa shape index (κ1) is 20.3. The van der Waals surface area contributed by atoms with E-state index in [2.05, 4.69) is 24.3 Å². The molecule has 2 aromatic rings. The number of para-hydroxylation sites is 1. The molecule has 26 heavy (non-hydrogen) atoms. The van der Waals surface area contributed by atoms with Crippen molar-refractivity contribution in [2.45, 2.75) is 32.2 Å². The molecule has 1 N–H and O–H groups in total. The first-order valence-corrected chi connectivity index (χ1v) is 8.76. The number of hydrogen-bond donors (Lipinski definition) is 1. The number of carbonyl (C=O) groups is 1. The third-order valence-electron chi connectivity index (χ3n) is 4.86. The predicted molar refractivity (Wildman–Crippen MR) is 102 cm³/mol. The number of ether oxygens (including phenoxy) is 1. The van der Waals surface area contributed by atoms with Crippen molar-refractivity contribution in [2.75, 3.05) is 26.7 Å². The van der Waals surface area contributed by atoms with Gasteiger partial charge in [-0.25, -0.2) is 0 Å². The number of rotatable bonds is 5. The monoisotopic (exact) mass is 379 g/mol. The summed E-state index contributed by atoms with van der Waals surface area (Å²) in [6.07, 6.45) is 0.956. The van der Waals surface area contributed by atoms with Crippen LogP contribution >= 0.6 is 12.4 Å². The minimum absolute atomic E-state index is 0. The van der Waals surface area contributed by atoms with Gasteiger partial charge < -0.3 is 19.5 Å². The highest BCUT2D eigenvalue weighted by molar-refractivity contribution is 5.92. The number of amides is 1. The van der Waals surface area contributed by atoms with Crippen LogP contribution in [0, 0.1) is 0 Å². The largest absolute Gasteiger partial charge is 0.496 e. The number of aromatic nitrogens is 1. The summed E-state index contributed by atoms with van der Waals surface area (Å²) in [5.41, 5.74) is 1.82. The third-order valence-corrected chi connectivity index (χ3v) is 4.86. The summed E-state index contributed by atoms with van der Waals surface area (Å²) >= 11 is 0. The molecule has 6 nitrogen and oxygen atoms in total. The average Bonchev–Trinajstić information content (AvgIpc) is 3.17. The number of halogens is 1. The molecule has 0 spiro atoms. The van der Waals surface area contributed by atoms with Gasteiger partial charge in [0.25, 0.3) is 5.91 Å². The molecule has 1 amide bonds. The van der Waals surface area contributed by atoms with Crippen molar-refractivity contribution in [3.8, 4) is 5.75 Å². The summed E-state index contributed by atoms with van der Waals surface area (Å²) in [5.74, 6) is 1.24. The van der Waals surface area contributed by atoms with E-state index in [9.17, 15) is 4.79 Å². The van der Waals surface area contributed by atoms with Crippen molar-refractivity contribution >= 4 is 18.3 Å². The smallest absolute Gasteiger partial charge is 0.293 e. The summed E-state index contributed by atoms with van der Waals surface area (Å²) in [7, 11) is 1.65. The second-order valence-electron chi connectivity index (χ2n) is 6.39. The first-order valence-electron chi connectivity index (χ1n) is 8.76. The van der Waals surface area contributed by atoms with Gasteiger partial charge in [-0.15, -0.1) is 12.4 Å². The Kier molecular flexibility index (Phi) is 7.06. The van der Waals surface area contributed by atoms with E-state index in [0.717, 1.165) is 30.0 Å². The highest BCUT2D eigenvalue weighted by Crippen LogP contribution is 2.31. The number of piperazine rings is 1. The standard InChI is InChI=1S/C19H25N3O3.ClH/c1-4-13(2)15-11-18(25-21-15)19(23)22-10-9-20-12-16(22)14-7-5-6-8-17(14)24-3;/h5-8,11,13,16,20H,4,9-10,12H2,1-3H3;1H. The van der Waals surface area contributed by atoms with Crippen LogP contribution in [-0.2, 0) is 0 Å². The second kappa shape index (κ2) is 9.05. The average molecular weight is 380 g/mol. The number of hydrogen-bond acceptors (Lipinski definition) is 5. The van der Waals surface area contributed by atoms with Crippen LogP contribution in [0.15, 0.2) is 34.9 Å². The van der Waals surface area contributed by atoms with Gasteiger partial charge in [0, 0.05) is 37.2 Å². The summed E-state index contributed by atoms with van der Waals surface area (Å²) in [6, 6.07) is 9.49. The van der Waals surface area contributed by atoms with Crippen LogP contribution in [0.25, 0.3) is 0 Å². The van der Waals surface area contributed by atoms with E-state index < -0.39 is 0 Å². The maximum Gasteiger partial charge on any atom is 0.293 e. The summed E-state index contributed by atoms with van der Waals surface area (Å²) in [5, 5.41) is 7.43. The number of methoxy groups -OCH3 is 1. The molecule has 0 aliphatic carbocycles. The fourth-order valence-electron chi connectivity index (χ4n) is 3.14. The zero-order valence-electron chi connectivity index (χ0n) is 15.4. The van der Waals surface area contributed by atoms with Crippen molar-refractivity contribution in [3.63, 3.8) is 0 Å².